The van der Waals surface area contributed by atoms with Gasteiger partial charge in [-0.3, -0.25) is 4.79 Å². The van der Waals surface area contributed by atoms with E-state index in [9.17, 15) is 19.1 Å². The van der Waals surface area contributed by atoms with Gasteiger partial charge in [-0.05, 0) is 37.8 Å². The summed E-state index contributed by atoms with van der Waals surface area (Å²) >= 11 is 0. The van der Waals surface area contributed by atoms with Crippen LogP contribution in [-0.4, -0.2) is 38.1 Å². The average Bonchev–Trinajstić information content (AvgIpc) is 3.11. The Bertz CT molecular complexity index is 878. The fraction of sp³-hybridized carbons (Fsp3) is 0.353. The molecule has 4 N–H and O–H groups in total. The summed E-state index contributed by atoms with van der Waals surface area (Å²) < 4.78 is 18.0. The number of amides is 1. The first kappa shape index (κ1) is 18.6. The highest BCUT2D eigenvalue weighted by Gasteiger charge is 2.24. The fourth-order valence-electron chi connectivity index (χ4n) is 2.75. The second-order valence-corrected chi connectivity index (χ2v) is 6.14. The zero-order chi connectivity index (χ0) is 19.4. The number of nitrogens with zero attached hydrogens (tertiary/aromatic N) is 3. The van der Waals surface area contributed by atoms with Crippen molar-refractivity contribution in [2.75, 3.05) is 0 Å². The van der Waals surface area contributed by atoms with E-state index in [4.69, 9.17) is 10.3 Å². The maximum Gasteiger partial charge on any atom is 0.333 e. The fourth-order valence-corrected chi connectivity index (χ4v) is 2.75. The summed E-state index contributed by atoms with van der Waals surface area (Å²) in [5.74, 6) is -1.77. The molecule has 0 radical (unpaired) electrons. The topological polar surface area (TPSA) is 144 Å². The van der Waals surface area contributed by atoms with E-state index in [1.165, 1.54) is 12.1 Å². The van der Waals surface area contributed by atoms with Crippen molar-refractivity contribution in [3.63, 3.8) is 0 Å². The van der Waals surface area contributed by atoms with Gasteiger partial charge in [0.25, 0.3) is 0 Å². The van der Waals surface area contributed by atoms with E-state index >= 15 is 0 Å². The number of carboxylic acid groups (broad SMARTS) is 1. The molecule has 2 aromatic heterocycles. The van der Waals surface area contributed by atoms with Crippen LogP contribution in [-0.2, 0) is 16.0 Å². The molecule has 0 bridgehead atoms. The molecular weight excluding hydrogens is 357 g/mol. The van der Waals surface area contributed by atoms with Gasteiger partial charge >= 0.3 is 5.97 Å². The Kier molecular flexibility index (Phi) is 5.55. The van der Waals surface area contributed by atoms with Crippen LogP contribution in [0.4, 0.5) is 4.39 Å². The minimum absolute atomic E-state index is 0.0320. The van der Waals surface area contributed by atoms with E-state index in [1.807, 2.05) is 0 Å². The van der Waals surface area contributed by atoms with E-state index in [0.717, 1.165) is 19.0 Å². The minimum Gasteiger partial charge on any atom is -0.478 e. The summed E-state index contributed by atoms with van der Waals surface area (Å²) in [4.78, 5) is 31.5. The van der Waals surface area contributed by atoms with Gasteiger partial charge in [0, 0.05) is 5.70 Å². The highest BCUT2D eigenvalue weighted by Crippen LogP contribution is 2.23. The van der Waals surface area contributed by atoms with Crippen molar-refractivity contribution in [1.29, 1.82) is 0 Å². The maximum absolute atomic E-state index is 12.9. The number of aromatic nitrogens is 3. The van der Waals surface area contributed by atoms with Gasteiger partial charge in [0.2, 0.25) is 17.6 Å². The summed E-state index contributed by atoms with van der Waals surface area (Å²) in [7, 11) is 0. The number of carbonyl (C=O) groups excluding carboxylic acids is 1. The summed E-state index contributed by atoms with van der Waals surface area (Å²) in [5, 5.41) is 15.6. The number of hydrogen-bond acceptors (Lipinski definition) is 7. The van der Waals surface area contributed by atoms with Gasteiger partial charge in [-0.2, -0.15) is 4.98 Å². The molecule has 0 fully saturated rings. The molecule has 0 aliphatic heterocycles. The minimum atomic E-state index is -1.04. The second-order valence-electron chi connectivity index (χ2n) is 6.14. The monoisotopic (exact) mass is 375 g/mol. The lowest BCUT2D eigenvalue weighted by Crippen LogP contribution is -2.42. The van der Waals surface area contributed by atoms with Crippen LogP contribution in [0.15, 0.2) is 34.1 Å². The number of hydrogen-bond donors (Lipinski definition) is 3. The van der Waals surface area contributed by atoms with E-state index in [1.54, 1.807) is 0 Å². The molecule has 2 heterocycles. The molecular formula is C17H18FN5O4. The average molecular weight is 375 g/mol. The molecule has 3 rings (SSSR count). The maximum atomic E-state index is 12.9. The Morgan fingerprint density at radius 2 is 2.11 bits per heavy atom. The van der Waals surface area contributed by atoms with E-state index in [-0.39, 0.29) is 23.7 Å². The van der Waals surface area contributed by atoms with Crippen LogP contribution in [0.25, 0.3) is 11.5 Å². The zero-order valence-electron chi connectivity index (χ0n) is 14.3. The number of aliphatic carboxylic acids is 1. The molecule has 0 saturated carbocycles. The highest BCUT2D eigenvalue weighted by molar-refractivity contribution is 5.90. The predicted octanol–water partition coefficient (Wildman–Crippen LogP) is 1.17. The number of nitrogens with one attached hydrogen (secondary N) is 1. The normalized spacial score (nSPS) is 15.5. The van der Waals surface area contributed by atoms with Gasteiger partial charge in [0.05, 0.1) is 24.2 Å². The molecule has 1 amide bonds. The summed E-state index contributed by atoms with van der Waals surface area (Å²) in [6.07, 6.45) is 3.48. The Balaban J connectivity index is 1.65. The summed E-state index contributed by atoms with van der Waals surface area (Å²) in [6.45, 7) is 0. The number of allylic oxidation sites excluding steroid dienone is 1. The Hall–Kier alpha value is -3.14. The molecule has 0 spiro atoms. The Labute approximate surface area is 153 Å². The van der Waals surface area contributed by atoms with Gasteiger partial charge in [-0.1, -0.05) is 5.16 Å². The molecule has 9 nitrogen and oxygen atoms in total. The van der Waals surface area contributed by atoms with E-state index < -0.39 is 23.7 Å². The van der Waals surface area contributed by atoms with Crippen molar-refractivity contribution >= 4 is 11.9 Å². The van der Waals surface area contributed by atoms with Crippen LogP contribution in [0.1, 0.15) is 31.6 Å². The largest absolute Gasteiger partial charge is 0.478 e. The summed E-state index contributed by atoms with van der Waals surface area (Å²) in [5.41, 5.74) is 6.81. The molecule has 0 saturated heterocycles. The third kappa shape index (κ3) is 4.53. The van der Waals surface area contributed by atoms with E-state index in [0.29, 0.717) is 24.2 Å². The lowest BCUT2D eigenvalue weighted by Gasteiger charge is -2.19. The van der Waals surface area contributed by atoms with Gasteiger partial charge in [-0.15, -0.1) is 0 Å². The number of carbonyl (C=O) groups is 2. The predicted molar refractivity (Wildman–Crippen MR) is 90.4 cm³/mol. The Morgan fingerprint density at radius 1 is 1.33 bits per heavy atom. The number of nitrogens with two attached hydrogens (primary N) is 1. The number of rotatable bonds is 6. The first-order chi connectivity index (χ1) is 12.9. The number of carboxylic acids is 1. The second kappa shape index (κ2) is 8.04. The molecule has 1 atom stereocenters. The standard InChI is InChI=1S/C17H18FN5O4/c18-9-5-6-13(20-8-9)15-22-14(27-23-15)7-11(19)16(24)21-12-4-2-1-3-10(12)17(25)26/h5-6,8,11H,1-4,7,19H2,(H,21,24)(H,25,26). The molecule has 1 aliphatic rings. The quantitative estimate of drug-likeness (QED) is 0.682. The first-order valence-corrected chi connectivity index (χ1v) is 8.40. The zero-order valence-corrected chi connectivity index (χ0v) is 14.3. The van der Waals surface area contributed by atoms with E-state index in [2.05, 4.69) is 20.4 Å². The van der Waals surface area contributed by atoms with Crippen LogP contribution in [0, 0.1) is 5.82 Å². The van der Waals surface area contributed by atoms with Crippen molar-refractivity contribution in [2.24, 2.45) is 5.73 Å². The van der Waals surface area contributed by atoms with Gasteiger partial charge in [-0.25, -0.2) is 14.2 Å². The molecule has 142 valence electrons. The van der Waals surface area contributed by atoms with Crippen LogP contribution >= 0.6 is 0 Å². The van der Waals surface area contributed by atoms with Crippen LogP contribution in [0.3, 0.4) is 0 Å². The number of pyridine rings is 1. The molecule has 1 unspecified atom stereocenters. The highest BCUT2D eigenvalue weighted by atomic mass is 19.1. The van der Waals surface area contributed by atoms with Gasteiger partial charge in [0.1, 0.15) is 11.5 Å². The van der Waals surface area contributed by atoms with Crippen molar-refractivity contribution in [1.82, 2.24) is 20.4 Å². The molecule has 27 heavy (non-hydrogen) atoms. The van der Waals surface area contributed by atoms with Gasteiger partial charge < -0.3 is 20.7 Å². The van der Waals surface area contributed by atoms with Crippen LogP contribution < -0.4 is 11.1 Å². The van der Waals surface area contributed by atoms with Crippen molar-refractivity contribution in [3.8, 4) is 11.5 Å². The third-order valence-corrected chi connectivity index (χ3v) is 4.16. The van der Waals surface area contributed by atoms with Crippen LogP contribution in [0.2, 0.25) is 0 Å². The van der Waals surface area contributed by atoms with Crippen molar-refractivity contribution in [2.45, 2.75) is 38.1 Å². The lowest BCUT2D eigenvalue weighted by atomic mass is 9.96. The summed E-state index contributed by atoms with van der Waals surface area (Å²) in [6, 6.07) is 1.62. The van der Waals surface area contributed by atoms with Gasteiger partial charge in [0.15, 0.2) is 0 Å². The lowest BCUT2D eigenvalue weighted by molar-refractivity contribution is -0.133. The molecule has 1 aliphatic carbocycles. The van der Waals surface area contributed by atoms with Crippen LogP contribution in [0.5, 0.6) is 0 Å². The molecule has 10 heteroatoms. The van der Waals surface area contributed by atoms with Crippen molar-refractivity contribution in [3.05, 3.63) is 41.3 Å². The van der Waals surface area contributed by atoms with Crippen molar-refractivity contribution < 1.29 is 23.6 Å². The first-order valence-electron chi connectivity index (χ1n) is 8.40. The SMILES string of the molecule is NC(Cc1nc(-c2ccc(F)cn2)no1)C(=O)NC1=C(C(=O)O)CCCC1. The third-order valence-electron chi connectivity index (χ3n) is 4.16. The molecule has 2 aromatic rings. The Morgan fingerprint density at radius 3 is 2.81 bits per heavy atom. The molecule has 0 aromatic carbocycles. The number of halogens is 1. The smallest absolute Gasteiger partial charge is 0.333 e.